The van der Waals surface area contributed by atoms with Crippen LogP contribution in [0.3, 0.4) is 0 Å². The number of carbonyl (C=O) groups excluding carboxylic acids is 1. The summed E-state index contributed by atoms with van der Waals surface area (Å²) >= 11 is 0. The first-order valence-corrected chi connectivity index (χ1v) is 8.48. The molecule has 0 saturated carbocycles. The minimum Gasteiger partial charge on any atom is -0.395 e. The molecule has 1 N–H and O–H groups in total. The largest absolute Gasteiger partial charge is 0.395 e. The number of nitriles is 1. The van der Waals surface area contributed by atoms with Crippen molar-refractivity contribution in [2.24, 2.45) is 0 Å². The highest BCUT2D eigenvalue weighted by Gasteiger charge is 2.29. The van der Waals surface area contributed by atoms with Gasteiger partial charge in [-0.05, 0) is 19.1 Å². The molecule has 6 heteroatoms. The molecule has 1 unspecified atom stereocenters. The van der Waals surface area contributed by atoms with Crippen LogP contribution < -0.4 is 4.90 Å². The summed E-state index contributed by atoms with van der Waals surface area (Å²) in [5.74, 6) is 0.0343. The lowest BCUT2D eigenvalue weighted by Gasteiger charge is -2.38. The second kappa shape index (κ2) is 9.38. The summed E-state index contributed by atoms with van der Waals surface area (Å²) in [7, 11) is 0. The van der Waals surface area contributed by atoms with E-state index < -0.39 is 0 Å². The van der Waals surface area contributed by atoms with Gasteiger partial charge in [0, 0.05) is 45.0 Å². The van der Waals surface area contributed by atoms with Gasteiger partial charge in [0.05, 0.1) is 25.1 Å². The van der Waals surface area contributed by atoms with E-state index in [4.69, 9.17) is 10.4 Å². The maximum absolute atomic E-state index is 13.0. The van der Waals surface area contributed by atoms with Gasteiger partial charge in [0.1, 0.15) is 0 Å². The Morgan fingerprint density at radius 1 is 1.29 bits per heavy atom. The van der Waals surface area contributed by atoms with Crippen LogP contribution in [0.2, 0.25) is 0 Å². The molecule has 130 valence electrons. The molecule has 0 aliphatic carbocycles. The molecule has 1 atom stereocenters. The van der Waals surface area contributed by atoms with Crippen molar-refractivity contribution in [2.45, 2.75) is 19.4 Å². The lowest BCUT2D eigenvalue weighted by Crippen LogP contribution is -2.55. The number of hydrogen-bond donors (Lipinski definition) is 1. The number of piperazine rings is 1. The monoisotopic (exact) mass is 330 g/mol. The summed E-state index contributed by atoms with van der Waals surface area (Å²) in [6.45, 7) is 6.56. The summed E-state index contributed by atoms with van der Waals surface area (Å²) in [6.07, 6.45) is 0.317. The van der Waals surface area contributed by atoms with Crippen LogP contribution in [0.25, 0.3) is 0 Å². The van der Waals surface area contributed by atoms with Crippen molar-refractivity contribution in [3.05, 3.63) is 30.3 Å². The Bertz CT molecular complexity index is 550. The van der Waals surface area contributed by atoms with Gasteiger partial charge in [-0.25, -0.2) is 0 Å². The highest BCUT2D eigenvalue weighted by molar-refractivity contribution is 5.96. The Kier molecular flexibility index (Phi) is 7.19. The van der Waals surface area contributed by atoms with E-state index in [9.17, 15) is 4.79 Å². The molecule has 1 saturated heterocycles. The molecular weight excluding hydrogens is 304 g/mol. The van der Waals surface area contributed by atoms with Crippen LogP contribution in [0.1, 0.15) is 13.3 Å². The number of hydrogen-bond acceptors (Lipinski definition) is 5. The van der Waals surface area contributed by atoms with Crippen LogP contribution >= 0.6 is 0 Å². The zero-order chi connectivity index (χ0) is 17.4. The van der Waals surface area contributed by atoms with Crippen molar-refractivity contribution in [2.75, 3.05) is 50.8 Å². The first-order chi connectivity index (χ1) is 11.7. The third-order valence-electron chi connectivity index (χ3n) is 4.51. The molecule has 2 rings (SSSR count). The van der Waals surface area contributed by atoms with E-state index in [2.05, 4.69) is 15.9 Å². The quantitative estimate of drug-likeness (QED) is 0.805. The third-order valence-corrected chi connectivity index (χ3v) is 4.51. The molecule has 1 aliphatic heterocycles. The predicted octanol–water partition coefficient (Wildman–Crippen LogP) is 0.932. The van der Waals surface area contributed by atoms with Crippen LogP contribution in [0.15, 0.2) is 30.3 Å². The van der Waals surface area contributed by atoms with Crippen LogP contribution in [0.4, 0.5) is 5.69 Å². The number of para-hydroxylation sites is 1. The predicted molar refractivity (Wildman–Crippen MR) is 93.6 cm³/mol. The van der Waals surface area contributed by atoms with Crippen molar-refractivity contribution >= 4 is 11.6 Å². The van der Waals surface area contributed by atoms with Crippen molar-refractivity contribution in [3.8, 4) is 6.07 Å². The van der Waals surface area contributed by atoms with Gasteiger partial charge in [-0.15, -0.1) is 0 Å². The highest BCUT2D eigenvalue weighted by Crippen LogP contribution is 2.17. The topological polar surface area (TPSA) is 70.8 Å². The molecule has 0 radical (unpaired) electrons. The summed E-state index contributed by atoms with van der Waals surface area (Å²) in [5, 5.41) is 17.9. The van der Waals surface area contributed by atoms with Crippen molar-refractivity contribution < 1.29 is 9.90 Å². The normalized spacial score (nSPS) is 17.2. The number of nitrogens with zero attached hydrogens (tertiary/aromatic N) is 4. The fourth-order valence-corrected chi connectivity index (χ4v) is 3.03. The Labute approximate surface area is 143 Å². The van der Waals surface area contributed by atoms with E-state index >= 15 is 0 Å². The maximum atomic E-state index is 13.0. The molecule has 0 aromatic heterocycles. The van der Waals surface area contributed by atoms with E-state index in [0.717, 1.165) is 31.9 Å². The van der Waals surface area contributed by atoms with Gasteiger partial charge in [0.25, 0.3) is 0 Å². The zero-order valence-electron chi connectivity index (χ0n) is 14.3. The molecule has 1 amide bonds. The van der Waals surface area contributed by atoms with Crippen LogP contribution in [-0.4, -0.2) is 72.7 Å². The molecule has 1 aromatic carbocycles. The highest BCUT2D eigenvalue weighted by atomic mass is 16.3. The van der Waals surface area contributed by atoms with Crippen LogP contribution in [-0.2, 0) is 4.79 Å². The summed E-state index contributed by atoms with van der Waals surface area (Å²) < 4.78 is 0. The van der Waals surface area contributed by atoms with E-state index in [1.165, 1.54) is 0 Å². The van der Waals surface area contributed by atoms with E-state index in [0.29, 0.717) is 19.5 Å². The molecule has 0 bridgehead atoms. The Morgan fingerprint density at radius 3 is 2.54 bits per heavy atom. The van der Waals surface area contributed by atoms with E-state index in [1.54, 1.807) is 4.90 Å². The molecule has 24 heavy (non-hydrogen) atoms. The fourth-order valence-electron chi connectivity index (χ4n) is 3.03. The molecule has 1 fully saturated rings. The second-order valence-corrected chi connectivity index (χ2v) is 6.01. The molecule has 1 aromatic rings. The van der Waals surface area contributed by atoms with Crippen molar-refractivity contribution in [1.29, 1.82) is 5.26 Å². The lowest BCUT2D eigenvalue weighted by molar-refractivity contribution is -0.124. The molecule has 0 spiro atoms. The van der Waals surface area contributed by atoms with Gasteiger partial charge in [-0.2, -0.15) is 5.26 Å². The van der Waals surface area contributed by atoms with Gasteiger partial charge >= 0.3 is 0 Å². The minimum atomic E-state index is -0.222. The maximum Gasteiger partial charge on any atom is 0.244 e. The minimum absolute atomic E-state index is 0.0343. The van der Waals surface area contributed by atoms with E-state index in [-0.39, 0.29) is 18.6 Å². The average molecular weight is 330 g/mol. The van der Waals surface area contributed by atoms with E-state index in [1.807, 2.05) is 37.3 Å². The number of benzene rings is 1. The van der Waals surface area contributed by atoms with Gasteiger partial charge in [0.15, 0.2) is 0 Å². The smallest absolute Gasteiger partial charge is 0.244 e. The van der Waals surface area contributed by atoms with Crippen molar-refractivity contribution in [1.82, 2.24) is 9.80 Å². The lowest BCUT2D eigenvalue weighted by atomic mass is 10.1. The van der Waals surface area contributed by atoms with Gasteiger partial charge in [-0.1, -0.05) is 18.2 Å². The second-order valence-electron chi connectivity index (χ2n) is 6.01. The van der Waals surface area contributed by atoms with Gasteiger partial charge in [0.2, 0.25) is 5.91 Å². The number of anilines is 1. The number of aliphatic hydroxyl groups is 1. The molecule has 6 nitrogen and oxygen atoms in total. The Morgan fingerprint density at radius 2 is 1.96 bits per heavy atom. The zero-order valence-corrected chi connectivity index (χ0v) is 14.3. The average Bonchev–Trinajstić information content (AvgIpc) is 2.63. The summed E-state index contributed by atoms with van der Waals surface area (Å²) in [4.78, 5) is 19.1. The van der Waals surface area contributed by atoms with Crippen LogP contribution in [0.5, 0.6) is 0 Å². The first-order valence-electron chi connectivity index (χ1n) is 8.48. The standard InChI is InChI=1S/C18H26N4O2/c1-16(21-12-10-20(11-13-21)14-15-23)18(24)22(9-5-8-19)17-6-3-2-4-7-17/h2-4,6-7,16,23H,5,9-15H2,1H3. The number of aliphatic hydroxyl groups excluding tert-OH is 1. The SMILES string of the molecule is CC(C(=O)N(CCC#N)c1ccccc1)N1CCN(CCO)CC1. The van der Waals surface area contributed by atoms with Gasteiger partial charge < -0.3 is 10.0 Å². The molecular formula is C18H26N4O2. The molecule has 1 heterocycles. The van der Waals surface area contributed by atoms with Gasteiger partial charge in [-0.3, -0.25) is 14.6 Å². The number of rotatable bonds is 7. The fraction of sp³-hybridized carbons (Fsp3) is 0.556. The van der Waals surface area contributed by atoms with Crippen LogP contribution in [0, 0.1) is 11.3 Å². The number of β-amino-alcohol motifs (C(OH)–C–C–N with tert-alkyl or cyclic N) is 1. The summed E-state index contributed by atoms with van der Waals surface area (Å²) in [6, 6.07) is 11.4. The number of carbonyl (C=O) groups is 1. The Hall–Kier alpha value is -1.94. The van der Waals surface area contributed by atoms with Crippen molar-refractivity contribution in [3.63, 3.8) is 0 Å². The molecule has 1 aliphatic rings. The number of amides is 1. The third kappa shape index (κ3) is 4.78. The first kappa shape index (κ1) is 18.4. The summed E-state index contributed by atoms with van der Waals surface area (Å²) in [5.41, 5.74) is 0.837. The Balaban J connectivity index is 2.02.